The third kappa shape index (κ3) is 5.26. The van der Waals surface area contributed by atoms with E-state index < -0.39 is 5.60 Å². The Kier molecular flexibility index (Phi) is 7.02. The van der Waals surface area contributed by atoms with E-state index in [2.05, 4.69) is 5.32 Å². The zero-order valence-electron chi connectivity index (χ0n) is 17.9. The van der Waals surface area contributed by atoms with Gasteiger partial charge in [-0.15, -0.1) is 11.3 Å². The van der Waals surface area contributed by atoms with Crippen molar-refractivity contribution >= 4 is 23.2 Å². The summed E-state index contributed by atoms with van der Waals surface area (Å²) in [7, 11) is 0. The molecule has 1 aromatic heterocycles. The Bertz CT molecular complexity index is 1020. The summed E-state index contributed by atoms with van der Waals surface area (Å²) in [6.07, 6.45) is 1.93. The van der Waals surface area contributed by atoms with Crippen LogP contribution in [0.3, 0.4) is 0 Å². The lowest BCUT2D eigenvalue weighted by atomic mass is 9.86. The second kappa shape index (κ2) is 10.1. The van der Waals surface area contributed by atoms with Crippen LogP contribution in [0.5, 0.6) is 0 Å². The van der Waals surface area contributed by atoms with Gasteiger partial charge in [0, 0.05) is 19.5 Å². The maximum Gasteiger partial charge on any atom is 0.263 e. The molecule has 2 amide bonds. The van der Waals surface area contributed by atoms with Crippen LogP contribution in [0.2, 0.25) is 0 Å². The zero-order valence-corrected chi connectivity index (χ0v) is 18.8. The molecule has 2 N–H and O–H groups in total. The van der Waals surface area contributed by atoms with Crippen molar-refractivity contribution in [1.82, 2.24) is 10.2 Å². The van der Waals surface area contributed by atoms with E-state index in [4.69, 9.17) is 0 Å². The summed E-state index contributed by atoms with van der Waals surface area (Å²) in [4.78, 5) is 28.2. The molecule has 166 valence electrons. The van der Waals surface area contributed by atoms with Crippen LogP contribution in [0.15, 0.2) is 78.2 Å². The molecule has 1 saturated heterocycles. The molecule has 32 heavy (non-hydrogen) atoms. The standard InChI is InChI=1S/C26H28N2O3S/c29-24(21-11-7-15-28(18-21)25(30)23-14-8-16-32-23)27-19-26(31,22-12-5-2-6-13-22)17-20-9-3-1-4-10-20/h1-6,8-10,12-14,16,21,31H,7,11,15,17-19H2,(H,27,29). The molecule has 6 heteroatoms. The van der Waals surface area contributed by atoms with Gasteiger partial charge in [-0.3, -0.25) is 9.59 Å². The van der Waals surface area contributed by atoms with Crippen LogP contribution < -0.4 is 5.32 Å². The molecule has 1 fully saturated rings. The number of rotatable bonds is 7. The molecule has 2 heterocycles. The third-order valence-electron chi connectivity index (χ3n) is 6.02. The van der Waals surface area contributed by atoms with Crippen LogP contribution in [-0.4, -0.2) is 41.5 Å². The summed E-state index contributed by atoms with van der Waals surface area (Å²) in [5, 5.41) is 16.4. The van der Waals surface area contributed by atoms with E-state index in [0.29, 0.717) is 24.4 Å². The molecule has 0 spiro atoms. The van der Waals surface area contributed by atoms with Crippen LogP contribution in [0.1, 0.15) is 33.6 Å². The number of nitrogens with zero attached hydrogens (tertiary/aromatic N) is 1. The highest BCUT2D eigenvalue weighted by molar-refractivity contribution is 7.12. The van der Waals surface area contributed by atoms with E-state index in [1.807, 2.05) is 78.2 Å². The predicted molar refractivity (Wildman–Crippen MR) is 126 cm³/mol. The lowest BCUT2D eigenvalue weighted by Gasteiger charge is -2.33. The van der Waals surface area contributed by atoms with E-state index in [1.165, 1.54) is 11.3 Å². The first-order valence-corrected chi connectivity index (χ1v) is 11.9. The average Bonchev–Trinajstić information content (AvgIpc) is 3.38. The molecule has 0 saturated carbocycles. The van der Waals surface area contributed by atoms with E-state index in [1.54, 1.807) is 4.90 Å². The molecule has 3 aromatic rings. The van der Waals surface area contributed by atoms with E-state index in [-0.39, 0.29) is 24.3 Å². The van der Waals surface area contributed by atoms with Gasteiger partial charge in [0.05, 0.1) is 17.3 Å². The fourth-order valence-electron chi connectivity index (χ4n) is 4.26. The van der Waals surface area contributed by atoms with Crippen molar-refractivity contribution in [2.75, 3.05) is 19.6 Å². The highest BCUT2D eigenvalue weighted by atomic mass is 32.1. The van der Waals surface area contributed by atoms with Crippen molar-refractivity contribution in [3.63, 3.8) is 0 Å². The Morgan fingerprint density at radius 3 is 2.44 bits per heavy atom. The molecule has 1 aliphatic rings. The Hall–Kier alpha value is -2.96. The number of hydrogen-bond donors (Lipinski definition) is 2. The fourth-order valence-corrected chi connectivity index (χ4v) is 4.95. The minimum Gasteiger partial charge on any atom is -0.383 e. The SMILES string of the molecule is O=C(NCC(O)(Cc1ccccc1)c1ccccc1)C1CCCN(C(=O)c2cccs2)C1. The van der Waals surface area contributed by atoms with Crippen molar-refractivity contribution in [3.8, 4) is 0 Å². The Labute approximate surface area is 192 Å². The second-order valence-electron chi connectivity index (χ2n) is 8.35. The van der Waals surface area contributed by atoms with Gasteiger partial charge in [-0.1, -0.05) is 66.7 Å². The first-order valence-electron chi connectivity index (χ1n) is 11.0. The van der Waals surface area contributed by atoms with Gasteiger partial charge in [-0.2, -0.15) is 0 Å². The molecule has 0 radical (unpaired) electrons. The first-order chi connectivity index (χ1) is 15.5. The Balaban J connectivity index is 1.43. The zero-order chi connectivity index (χ0) is 22.4. The minimum atomic E-state index is -1.22. The number of carbonyl (C=O) groups is 2. The van der Waals surface area contributed by atoms with Crippen LogP contribution in [-0.2, 0) is 16.8 Å². The van der Waals surface area contributed by atoms with Gasteiger partial charge >= 0.3 is 0 Å². The highest BCUT2D eigenvalue weighted by Crippen LogP contribution is 2.26. The van der Waals surface area contributed by atoms with E-state index in [9.17, 15) is 14.7 Å². The van der Waals surface area contributed by atoms with Crippen molar-refractivity contribution in [2.24, 2.45) is 5.92 Å². The quantitative estimate of drug-likeness (QED) is 0.577. The summed E-state index contributed by atoms with van der Waals surface area (Å²) < 4.78 is 0. The second-order valence-corrected chi connectivity index (χ2v) is 9.29. The molecule has 4 rings (SSSR count). The molecular weight excluding hydrogens is 420 g/mol. The van der Waals surface area contributed by atoms with Gasteiger partial charge in [-0.25, -0.2) is 0 Å². The molecule has 2 unspecified atom stereocenters. The molecule has 0 bridgehead atoms. The summed E-state index contributed by atoms with van der Waals surface area (Å²) in [5.74, 6) is -0.400. The predicted octanol–water partition coefficient (Wildman–Crippen LogP) is 3.85. The monoisotopic (exact) mass is 448 g/mol. The van der Waals surface area contributed by atoms with Gasteiger partial charge in [-0.05, 0) is 35.4 Å². The number of nitrogens with one attached hydrogen (secondary N) is 1. The van der Waals surface area contributed by atoms with Gasteiger partial charge in [0.25, 0.3) is 5.91 Å². The lowest BCUT2D eigenvalue weighted by Crippen LogP contribution is -2.48. The number of thiophene rings is 1. The van der Waals surface area contributed by atoms with Crippen LogP contribution in [0.4, 0.5) is 0 Å². The minimum absolute atomic E-state index is 0.0117. The van der Waals surface area contributed by atoms with Crippen molar-refractivity contribution in [3.05, 3.63) is 94.2 Å². The number of aliphatic hydroxyl groups is 1. The van der Waals surface area contributed by atoms with E-state index in [0.717, 1.165) is 24.0 Å². The Morgan fingerprint density at radius 1 is 1.03 bits per heavy atom. The number of benzene rings is 2. The third-order valence-corrected chi connectivity index (χ3v) is 6.87. The maximum absolute atomic E-state index is 13.0. The summed E-state index contributed by atoms with van der Waals surface area (Å²) >= 11 is 1.42. The van der Waals surface area contributed by atoms with Gasteiger partial charge in [0.15, 0.2) is 0 Å². The van der Waals surface area contributed by atoms with Crippen molar-refractivity contribution < 1.29 is 14.7 Å². The van der Waals surface area contributed by atoms with Crippen LogP contribution >= 0.6 is 11.3 Å². The highest BCUT2D eigenvalue weighted by Gasteiger charge is 2.33. The maximum atomic E-state index is 13.0. The van der Waals surface area contributed by atoms with Gasteiger partial charge in [0.1, 0.15) is 5.60 Å². The number of likely N-dealkylation sites (tertiary alicyclic amines) is 1. The largest absolute Gasteiger partial charge is 0.383 e. The normalized spacial score (nSPS) is 18.0. The van der Waals surface area contributed by atoms with Crippen LogP contribution in [0, 0.1) is 5.92 Å². The van der Waals surface area contributed by atoms with Gasteiger partial charge in [0.2, 0.25) is 5.91 Å². The van der Waals surface area contributed by atoms with E-state index >= 15 is 0 Å². The molecule has 0 aliphatic carbocycles. The summed E-state index contributed by atoms with van der Waals surface area (Å²) in [6.45, 7) is 1.19. The molecule has 2 aromatic carbocycles. The van der Waals surface area contributed by atoms with Crippen molar-refractivity contribution in [2.45, 2.75) is 24.9 Å². The molecule has 1 aliphatic heterocycles. The molecule has 5 nitrogen and oxygen atoms in total. The average molecular weight is 449 g/mol. The summed E-state index contributed by atoms with van der Waals surface area (Å²) in [6, 6.07) is 22.9. The van der Waals surface area contributed by atoms with Crippen LogP contribution in [0.25, 0.3) is 0 Å². The number of hydrogen-bond acceptors (Lipinski definition) is 4. The fraction of sp³-hybridized carbons (Fsp3) is 0.308. The van der Waals surface area contributed by atoms with Crippen molar-refractivity contribution in [1.29, 1.82) is 0 Å². The first kappa shape index (κ1) is 22.2. The number of piperidine rings is 1. The molecule has 2 atom stereocenters. The number of amides is 2. The smallest absolute Gasteiger partial charge is 0.263 e. The topological polar surface area (TPSA) is 69.6 Å². The lowest BCUT2D eigenvalue weighted by molar-refractivity contribution is -0.127. The number of carbonyl (C=O) groups excluding carboxylic acids is 2. The Morgan fingerprint density at radius 2 is 1.75 bits per heavy atom. The van der Waals surface area contributed by atoms with Gasteiger partial charge < -0.3 is 15.3 Å². The molecular formula is C26H28N2O3S. The summed E-state index contributed by atoms with van der Waals surface area (Å²) in [5.41, 5.74) is 0.542.